The summed E-state index contributed by atoms with van der Waals surface area (Å²) in [4.78, 5) is 12.5. The second kappa shape index (κ2) is 4.88. The third-order valence-electron chi connectivity index (χ3n) is 5.38. The normalized spacial score (nSPS) is 33.4. The molecule has 0 saturated heterocycles. The Balaban J connectivity index is 1.69. The van der Waals surface area contributed by atoms with E-state index in [1.165, 1.54) is 6.42 Å². The van der Waals surface area contributed by atoms with Crippen molar-refractivity contribution in [1.29, 1.82) is 0 Å². The van der Waals surface area contributed by atoms with E-state index in [0.717, 1.165) is 24.1 Å². The highest BCUT2D eigenvalue weighted by Crippen LogP contribution is 2.47. The standard InChI is InChI=1S/C15H24N4O/c1-8(12-7-17-19(3)9(12)2)18-15(20)13-10-4-5-11(6-10)14(13)16/h7-8,10-11,13-14H,4-6,16H2,1-3H3,(H,18,20). The summed E-state index contributed by atoms with van der Waals surface area (Å²) in [5.74, 6) is 1.19. The molecular weight excluding hydrogens is 252 g/mol. The van der Waals surface area contributed by atoms with Gasteiger partial charge in [-0.2, -0.15) is 5.10 Å². The molecule has 5 unspecified atom stereocenters. The first kappa shape index (κ1) is 13.6. The number of amides is 1. The summed E-state index contributed by atoms with van der Waals surface area (Å²) in [7, 11) is 1.92. The van der Waals surface area contributed by atoms with Crippen molar-refractivity contribution in [2.24, 2.45) is 30.5 Å². The van der Waals surface area contributed by atoms with E-state index in [2.05, 4.69) is 10.4 Å². The molecule has 2 bridgehead atoms. The van der Waals surface area contributed by atoms with Crippen LogP contribution in [0.15, 0.2) is 6.20 Å². The minimum absolute atomic E-state index is 0.00757. The van der Waals surface area contributed by atoms with E-state index in [1.807, 2.05) is 31.8 Å². The molecule has 20 heavy (non-hydrogen) atoms. The topological polar surface area (TPSA) is 72.9 Å². The number of nitrogens with two attached hydrogens (primary N) is 1. The van der Waals surface area contributed by atoms with Crippen LogP contribution < -0.4 is 11.1 Å². The zero-order chi connectivity index (χ0) is 14.4. The summed E-state index contributed by atoms with van der Waals surface area (Å²) in [5.41, 5.74) is 8.41. The lowest BCUT2D eigenvalue weighted by molar-refractivity contribution is -0.127. The fraction of sp³-hybridized carbons (Fsp3) is 0.733. The Kier molecular flexibility index (Phi) is 3.32. The summed E-state index contributed by atoms with van der Waals surface area (Å²) in [6.07, 6.45) is 5.34. The van der Waals surface area contributed by atoms with Gasteiger partial charge in [0.2, 0.25) is 5.91 Å². The van der Waals surface area contributed by atoms with Gasteiger partial charge in [0.1, 0.15) is 0 Å². The molecule has 5 nitrogen and oxygen atoms in total. The smallest absolute Gasteiger partial charge is 0.225 e. The van der Waals surface area contributed by atoms with E-state index in [-0.39, 0.29) is 23.9 Å². The van der Waals surface area contributed by atoms with Crippen LogP contribution in [0.3, 0.4) is 0 Å². The van der Waals surface area contributed by atoms with Crippen LogP contribution in [-0.2, 0) is 11.8 Å². The molecule has 0 spiro atoms. The van der Waals surface area contributed by atoms with Crippen LogP contribution in [0.1, 0.15) is 43.5 Å². The molecule has 1 aromatic rings. The molecular formula is C15H24N4O. The van der Waals surface area contributed by atoms with Crippen molar-refractivity contribution in [3.05, 3.63) is 17.5 Å². The van der Waals surface area contributed by atoms with Crippen molar-refractivity contribution < 1.29 is 4.79 Å². The minimum Gasteiger partial charge on any atom is -0.349 e. The van der Waals surface area contributed by atoms with E-state index >= 15 is 0 Å². The number of nitrogens with zero attached hydrogens (tertiary/aromatic N) is 2. The van der Waals surface area contributed by atoms with Gasteiger partial charge in [0.15, 0.2) is 0 Å². The molecule has 5 atom stereocenters. The second-order valence-electron chi connectivity index (χ2n) is 6.48. The fourth-order valence-corrected chi connectivity index (χ4v) is 4.05. The van der Waals surface area contributed by atoms with Gasteiger partial charge >= 0.3 is 0 Å². The van der Waals surface area contributed by atoms with Crippen LogP contribution in [0, 0.1) is 24.7 Å². The minimum atomic E-state index is -0.0115. The predicted molar refractivity (Wildman–Crippen MR) is 76.8 cm³/mol. The van der Waals surface area contributed by atoms with Gasteiger partial charge in [-0.1, -0.05) is 0 Å². The van der Waals surface area contributed by atoms with Crippen LogP contribution in [0.2, 0.25) is 0 Å². The van der Waals surface area contributed by atoms with Gasteiger partial charge in [-0.15, -0.1) is 0 Å². The van der Waals surface area contributed by atoms with E-state index in [1.54, 1.807) is 0 Å². The van der Waals surface area contributed by atoms with Gasteiger partial charge in [0, 0.05) is 24.3 Å². The number of aryl methyl sites for hydroxylation is 1. The third kappa shape index (κ3) is 2.04. The largest absolute Gasteiger partial charge is 0.349 e. The zero-order valence-corrected chi connectivity index (χ0v) is 12.5. The monoisotopic (exact) mass is 276 g/mol. The summed E-state index contributed by atoms with van der Waals surface area (Å²) in [6, 6.07) is 0.0403. The highest BCUT2D eigenvalue weighted by atomic mass is 16.2. The van der Waals surface area contributed by atoms with Crippen LogP contribution >= 0.6 is 0 Å². The van der Waals surface area contributed by atoms with Gasteiger partial charge < -0.3 is 11.1 Å². The number of aromatic nitrogens is 2. The van der Waals surface area contributed by atoms with E-state index in [0.29, 0.717) is 11.8 Å². The van der Waals surface area contributed by atoms with Gasteiger partial charge in [0.25, 0.3) is 0 Å². The summed E-state index contributed by atoms with van der Waals surface area (Å²) in [6.45, 7) is 4.04. The highest BCUT2D eigenvalue weighted by molar-refractivity contribution is 5.80. The van der Waals surface area contributed by atoms with E-state index < -0.39 is 0 Å². The summed E-state index contributed by atoms with van der Waals surface area (Å²) >= 11 is 0. The lowest BCUT2D eigenvalue weighted by atomic mass is 9.84. The molecule has 3 rings (SSSR count). The molecule has 1 amide bonds. The van der Waals surface area contributed by atoms with Crippen molar-refractivity contribution in [2.45, 2.75) is 45.2 Å². The van der Waals surface area contributed by atoms with Crippen molar-refractivity contribution in [3.8, 4) is 0 Å². The van der Waals surface area contributed by atoms with Gasteiger partial charge in [-0.25, -0.2) is 0 Å². The quantitative estimate of drug-likeness (QED) is 0.873. The van der Waals surface area contributed by atoms with Gasteiger partial charge in [-0.3, -0.25) is 9.48 Å². The summed E-state index contributed by atoms with van der Waals surface area (Å²) < 4.78 is 1.83. The molecule has 0 aliphatic heterocycles. The first-order valence-electron chi connectivity index (χ1n) is 7.53. The van der Waals surface area contributed by atoms with Crippen LogP contribution in [0.5, 0.6) is 0 Å². The Hall–Kier alpha value is -1.36. The molecule has 2 saturated carbocycles. The van der Waals surface area contributed by atoms with Gasteiger partial charge in [-0.05, 0) is 44.9 Å². The number of hydrogen-bond donors (Lipinski definition) is 2. The number of fused-ring (bicyclic) bond motifs is 2. The third-order valence-corrected chi connectivity index (χ3v) is 5.38. The Morgan fingerprint density at radius 3 is 2.75 bits per heavy atom. The Labute approximate surface area is 119 Å². The molecule has 1 aromatic heterocycles. The number of rotatable bonds is 3. The molecule has 2 aliphatic carbocycles. The van der Waals surface area contributed by atoms with Crippen molar-refractivity contribution in [2.75, 3.05) is 0 Å². The molecule has 1 heterocycles. The second-order valence-corrected chi connectivity index (χ2v) is 6.48. The number of nitrogens with one attached hydrogen (secondary N) is 1. The van der Waals surface area contributed by atoms with E-state index in [4.69, 9.17) is 5.73 Å². The average Bonchev–Trinajstić information content (AvgIpc) is 3.06. The first-order chi connectivity index (χ1) is 9.49. The summed E-state index contributed by atoms with van der Waals surface area (Å²) in [5, 5.41) is 7.37. The van der Waals surface area contributed by atoms with Crippen molar-refractivity contribution >= 4 is 5.91 Å². The van der Waals surface area contributed by atoms with Crippen molar-refractivity contribution in [1.82, 2.24) is 15.1 Å². The van der Waals surface area contributed by atoms with Crippen molar-refractivity contribution in [3.63, 3.8) is 0 Å². The van der Waals surface area contributed by atoms with Gasteiger partial charge in [0.05, 0.1) is 18.2 Å². The SMILES string of the molecule is Cc1c(C(C)NC(=O)C2C3CCC(C3)C2N)cnn1C. The lowest BCUT2D eigenvalue weighted by Gasteiger charge is -2.28. The van der Waals surface area contributed by atoms with Crippen LogP contribution in [0.4, 0.5) is 0 Å². The zero-order valence-electron chi connectivity index (χ0n) is 12.5. The molecule has 0 aromatic carbocycles. The molecule has 110 valence electrons. The Morgan fingerprint density at radius 2 is 2.20 bits per heavy atom. The maximum atomic E-state index is 12.5. The lowest BCUT2D eigenvalue weighted by Crippen LogP contribution is -2.45. The average molecular weight is 276 g/mol. The molecule has 2 aliphatic rings. The Bertz CT molecular complexity index is 522. The maximum absolute atomic E-state index is 12.5. The Morgan fingerprint density at radius 1 is 1.50 bits per heavy atom. The molecule has 0 radical (unpaired) electrons. The number of hydrogen-bond acceptors (Lipinski definition) is 3. The predicted octanol–water partition coefficient (Wildman–Crippen LogP) is 1.28. The first-order valence-corrected chi connectivity index (χ1v) is 7.53. The fourth-order valence-electron chi connectivity index (χ4n) is 4.05. The number of carbonyl (C=O) groups is 1. The van der Waals surface area contributed by atoms with Crippen LogP contribution in [0.25, 0.3) is 0 Å². The van der Waals surface area contributed by atoms with Crippen LogP contribution in [-0.4, -0.2) is 21.7 Å². The molecule has 3 N–H and O–H groups in total. The molecule has 2 fully saturated rings. The molecule has 5 heteroatoms. The van der Waals surface area contributed by atoms with E-state index in [9.17, 15) is 4.79 Å². The number of carbonyl (C=O) groups excluding carboxylic acids is 1. The highest BCUT2D eigenvalue weighted by Gasteiger charge is 2.49. The maximum Gasteiger partial charge on any atom is 0.225 e.